The van der Waals surface area contributed by atoms with Gasteiger partial charge in [0.2, 0.25) is 6.71 Å². The third-order valence-corrected chi connectivity index (χ3v) is 11.5. The summed E-state index contributed by atoms with van der Waals surface area (Å²) in [6.07, 6.45) is 8.57. The van der Waals surface area contributed by atoms with Crippen molar-refractivity contribution >= 4 is 72.3 Å². The molecule has 1 atom stereocenters. The number of benzene rings is 7. The maximum Gasteiger partial charge on any atom is 0.243 e. The van der Waals surface area contributed by atoms with E-state index in [0.29, 0.717) is 23.7 Å². The number of rotatable bonds is 6. The standard InChI is InChI=1S/C47H43B.2C2H6/c1-27(2)36-25-39(28(3)4)47(40(26-36)29(5)6)48(41-23-19-34-15-13-30-9-7-11-32-17-21-37(41)45(34)43(30)32)42-24-20-35-16-14-31-10-8-12-33-18-22-38(42)46(35)44(31)33;2*1-2/h7-15,17-29,35H,16H2,1-6H3;2*1-2H3. The highest BCUT2D eigenvalue weighted by atomic mass is 14.3. The Labute approximate surface area is 312 Å². The molecule has 7 aromatic rings. The first-order valence-electron chi connectivity index (χ1n) is 20.1. The van der Waals surface area contributed by atoms with E-state index in [0.717, 1.165) is 6.42 Å². The van der Waals surface area contributed by atoms with E-state index in [1.807, 2.05) is 27.7 Å². The summed E-state index contributed by atoms with van der Waals surface area (Å²) in [5, 5.41) is 13.8. The zero-order valence-corrected chi connectivity index (χ0v) is 33.1. The van der Waals surface area contributed by atoms with E-state index in [1.54, 1.807) is 0 Å². The van der Waals surface area contributed by atoms with E-state index in [1.165, 1.54) is 92.2 Å². The molecule has 0 saturated carbocycles. The summed E-state index contributed by atoms with van der Waals surface area (Å²) in [6.45, 7) is 22.4. The molecule has 9 rings (SSSR count). The Morgan fingerprint density at radius 2 is 1.13 bits per heavy atom. The van der Waals surface area contributed by atoms with Gasteiger partial charge in [0.1, 0.15) is 0 Å². The molecule has 2 aliphatic rings. The van der Waals surface area contributed by atoms with Crippen molar-refractivity contribution in [3.05, 3.63) is 142 Å². The normalized spacial score (nSPS) is 14.6. The molecular weight excluding hydrogens is 623 g/mol. The first kappa shape index (κ1) is 35.8. The lowest BCUT2D eigenvalue weighted by Gasteiger charge is -2.32. The molecule has 0 saturated heterocycles. The highest BCUT2D eigenvalue weighted by molar-refractivity contribution is 7.01. The third kappa shape index (κ3) is 5.69. The Kier molecular flexibility index (Phi) is 9.92. The molecule has 0 spiro atoms. The van der Waals surface area contributed by atoms with Crippen molar-refractivity contribution < 1.29 is 0 Å². The molecule has 0 bridgehead atoms. The first-order chi connectivity index (χ1) is 25.3. The van der Waals surface area contributed by atoms with Gasteiger partial charge in [0.25, 0.3) is 0 Å². The fourth-order valence-electron chi connectivity index (χ4n) is 9.18. The highest BCUT2D eigenvalue weighted by Crippen LogP contribution is 2.37. The number of allylic oxidation sites excluding steroid dienone is 2. The average Bonchev–Trinajstić information content (AvgIpc) is 3.18. The van der Waals surface area contributed by atoms with Crippen molar-refractivity contribution in [2.24, 2.45) is 0 Å². The van der Waals surface area contributed by atoms with Gasteiger partial charge in [-0.25, -0.2) is 0 Å². The van der Waals surface area contributed by atoms with Gasteiger partial charge in [0.05, 0.1) is 0 Å². The summed E-state index contributed by atoms with van der Waals surface area (Å²) in [7, 11) is 0. The zero-order valence-electron chi connectivity index (χ0n) is 33.1. The summed E-state index contributed by atoms with van der Waals surface area (Å²) in [6, 6.07) is 37.8. The van der Waals surface area contributed by atoms with Gasteiger partial charge < -0.3 is 0 Å². The molecule has 0 heterocycles. The number of hydrogen-bond acceptors (Lipinski definition) is 0. The molecule has 1 unspecified atom stereocenters. The Morgan fingerprint density at radius 3 is 1.77 bits per heavy atom. The molecule has 0 aromatic heterocycles. The van der Waals surface area contributed by atoms with E-state index in [4.69, 9.17) is 0 Å². The average molecular weight is 679 g/mol. The van der Waals surface area contributed by atoms with Gasteiger partial charge in [-0.3, -0.25) is 0 Å². The topological polar surface area (TPSA) is 0 Å². The van der Waals surface area contributed by atoms with Crippen molar-refractivity contribution in [3.63, 3.8) is 0 Å². The summed E-state index contributed by atoms with van der Waals surface area (Å²) < 4.78 is 0. The highest BCUT2D eigenvalue weighted by Gasteiger charge is 2.34. The molecule has 0 amide bonds. The first-order valence-corrected chi connectivity index (χ1v) is 20.1. The van der Waals surface area contributed by atoms with Gasteiger partial charge in [-0.05, 0) is 100.0 Å². The van der Waals surface area contributed by atoms with E-state index >= 15 is 0 Å². The predicted molar refractivity (Wildman–Crippen MR) is 234 cm³/mol. The lowest BCUT2D eigenvalue weighted by atomic mass is 9.33. The fourth-order valence-corrected chi connectivity index (χ4v) is 9.18. The summed E-state index contributed by atoms with van der Waals surface area (Å²) in [5.41, 5.74) is 10.3. The van der Waals surface area contributed by atoms with Crippen LogP contribution in [0.1, 0.15) is 122 Å². The Balaban J connectivity index is 0.00000102. The Bertz CT molecular complexity index is 2530. The second-order valence-electron chi connectivity index (χ2n) is 15.4. The number of hydrogen-bond donors (Lipinski definition) is 0. The maximum absolute atomic E-state index is 2.55. The van der Waals surface area contributed by atoms with Crippen LogP contribution in [-0.2, 0) is 0 Å². The molecule has 2 aliphatic carbocycles. The molecule has 7 aromatic carbocycles. The van der Waals surface area contributed by atoms with Crippen molar-refractivity contribution in [2.75, 3.05) is 0 Å². The summed E-state index contributed by atoms with van der Waals surface area (Å²) in [5.74, 6) is 1.69. The lowest BCUT2D eigenvalue weighted by Crippen LogP contribution is -2.50. The van der Waals surface area contributed by atoms with Gasteiger partial charge in [0.15, 0.2) is 0 Å². The van der Waals surface area contributed by atoms with E-state index in [9.17, 15) is 0 Å². The minimum absolute atomic E-state index is 0.0922. The van der Waals surface area contributed by atoms with Crippen LogP contribution in [0, 0.1) is 0 Å². The van der Waals surface area contributed by atoms with Crippen LogP contribution in [-0.4, -0.2) is 6.71 Å². The van der Waals surface area contributed by atoms with E-state index in [2.05, 4.69) is 157 Å². The van der Waals surface area contributed by atoms with Gasteiger partial charge in [-0.15, -0.1) is 0 Å². The van der Waals surface area contributed by atoms with Crippen LogP contribution in [0.4, 0.5) is 0 Å². The fraction of sp³-hybridized carbons (Fsp3) is 0.294. The van der Waals surface area contributed by atoms with Crippen LogP contribution in [0.2, 0.25) is 0 Å². The molecule has 0 radical (unpaired) electrons. The summed E-state index contributed by atoms with van der Waals surface area (Å²) in [4.78, 5) is 0. The molecule has 0 aliphatic heterocycles. The molecule has 0 fully saturated rings. The van der Waals surface area contributed by atoms with Crippen LogP contribution in [0.25, 0.3) is 54.6 Å². The Hall–Kier alpha value is -4.62. The van der Waals surface area contributed by atoms with Crippen LogP contribution in [0.5, 0.6) is 0 Å². The van der Waals surface area contributed by atoms with Crippen molar-refractivity contribution in [1.82, 2.24) is 0 Å². The van der Waals surface area contributed by atoms with Crippen LogP contribution in [0.15, 0.2) is 109 Å². The second kappa shape index (κ2) is 14.4. The quantitative estimate of drug-likeness (QED) is 0.121. The largest absolute Gasteiger partial charge is 0.243 e. The van der Waals surface area contributed by atoms with Crippen LogP contribution in [0.3, 0.4) is 0 Å². The molecule has 0 N–H and O–H groups in total. The van der Waals surface area contributed by atoms with Crippen LogP contribution < -0.4 is 21.4 Å². The predicted octanol–water partition coefficient (Wildman–Crippen LogP) is 12.0. The van der Waals surface area contributed by atoms with Gasteiger partial charge in [0, 0.05) is 5.92 Å². The zero-order chi connectivity index (χ0) is 36.8. The summed E-state index contributed by atoms with van der Waals surface area (Å²) >= 11 is 0. The minimum atomic E-state index is 0.0922. The second-order valence-corrected chi connectivity index (χ2v) is 15.4. The van der Waals surface area contributed by atoms with E-state index < -0.39 is 0 Å². The molecule has 1 heteroatoms. The smallest absolute Gasteiger partial charge is 0.0771 e. The Morgan fingerprint density at radius 1 is 0.577 bits per heavy atom. The SMILES string of the molecule is CC.CC.CC(C)c1cc(C(C)C)c(B(C2=c3ccc4cccc5c4c3C(C=C2)CC=5)c2ccc3ccc4cccc5ccc2c3c45)c(C(C)C)c1. The van der Waals surface area contributed by atoms with Crippen molar-refractivity contribution in [1.29, 1.82) is 0 Å². The van der Waals surface area contributed by atoms with Gasteiger partial charge in [-0.2, -0.15) is 0 Å². The third-order valence-electron chi connectivity index (χ3n) is 11.5. The monoisotopic (exact) mass is 678 g/mol. The van der Waals surface area contributed by atoms with Gasteiger partial charge >= 0.3 is 0 Å². The molecule has 0 nitrogen and oxygen atoms in total. The molecule has 52 heavy (non-hydrogen) atoms. The van der Waals surface area contributed by atoms with Gasteiger partial charge in [-0.1, -0.05) is 201 Å². The minimum Gasteiger partial charge on any atom is -0.0771 e. The maximum atomic E-state index is 2.55. The van der Waals surface area contributed by atoms with Crippen molar-refractivity contribution in [3.8, 4) is 0 Å². The molecular formula is C51H55B. The van der Waals surface area contributed by atoms with E-state index in [-0.39, 0.29) is 6.71 Å². The van der Waals surface area contributed by atoms with Crippen molar-refractivity contribution in [2.45, 2.75) is 99.3 Å². The lowest BCUT2D eigenvalue weighted by molar-refractivity contribution is 0.812. The van der Waals surface area contributed by atoms with Crippen LogP contribution >= 0.6 is 0 Å². The molecule has 262 valence electrons.